The zero-order chi connectivity index (χ0) is 13.8. The van der Waals surface area contributed by atoms with Gasteiger partial charge in [0.2, 0.25) is 0 Å². The zero-order valence-electron chi connectivity index (χ0n) is 12.1. The molecule has 2 heterocycles. The molecule has 0 bridgehead atoms. The SMILES string of the molecule is CCCNc1nc(C)c(C)nc1-c1cnn(CC)c1. The molecule has 2 aromatic heterocycles. The molecule has 0 spiro atoms. The highest BCUT2D eigenvalue weighted by Crippen LogP contribution is 2.25. The fourth-order valence-electron chi connectivity index (χ4n) is 1.83. The molecule has 0 unspecified atom stereocenters. The lowest BCUT2D eigenvalue weighted by molar-refractivity contribution is 0.660. The van der Waals surface area contributed by atoms with Crippen LogP contribution in [0.25, 0.3) is 11.3 Å². The van der Waals surface area contributed by atoms with Crippen molar-refractivity contribution in [3.8, 4) is 11.3 Å². The van der Waals surface area contributed by atoms with Crippen molar-refractivity contribution in [2.45, 2.75) is 40.7 Å². The van der Waals surface area contributed by atoms with Crippen LogP contribution in [0.2, 0.25) is 0 Å². The number of aryl methyl sites for hydroxylation is 3. The van der Waals surface area contributed by atoms with E-state index >= 15 is 0 Å². The number of nitrogens with zero attached hydrogens (tertiary/aromatic N) is 4. The minimum Gasteiger partial charge on any atom is -0.368 e. The van der Waals surface area contributed by atoms with E-state index in [0.717, 1.165) is 48.0 Å². The molecule has 0 atom stereocenters. The molecule has 2 rings (SSSR count). The fourth-order valence-corrected chi connectivity index (χ4v) is 1.83. The Hall–Kier alpha value is -1.91. The molecule has 19 heavy (non-hydrogen) atoms. The van der Waals surface area contributed by atoms with Gasteiger partial charge in [0.15, 0.2) is 5.82 Å². The van der Waals surface area contributed by atoms with E-state index in [2.05, 4.69) is 34.2 Å². The molecule has 0 aliphatic heterocycles. The van der Waals surface area contributed by atoms with Crippen molar-refractivity contribution >= 4 is 5.82 Å². The topological polar surface area (TPSA) is 55.6 Å². The Morgan fingerprint density at radius 2 is 1.89 bits per heavy atom. The molecule has 5 nitrogen and oxygen atoms in total. The Kier molecular flexibility index (Phi) is 4.14. The molecule has 0 saturated heterocycles. The normalized spacial score (nSPS) is 10.7. The molecule has 0 aromatic carbocycles. The molecule has 0 aliphatic carbocycles. The first kappa shape index (κ1) is 13.5. The highest BCUT2D eigenvalue weighted by molar-refractivity contribution is 5.70. The Morgan fingerprint density at radius 1 is 1.16 bits per heavy atom. The molecule has 1 N–H and O–H groups in total. The second-order valence-corrected chi connectivity index (χ2v) is 4.60. The minimum absolute atomic E-state index is 0.848. The predicted octanol–water partition coefficient (Wildman–Crippen LogP) is 2.80. The lowest BCUT2D eigenvalue weighted by atomic mass is 10.2. The molecule has 2 aromatic rings. The van der Waals surface area contributed by atoms with Gasteiger partial charge in [0.05, 0.1) is 17.6 Å². The van der Waals surface area contributed by atoms with Gasteiger partial charge >= 0.3 is 0 Å². The molecule has 0 radical (unpaired) electrons. The van der Waals surface area contributed by atoms with E-state index in [9.17, 15) is 0 Å². The highest BCUT2D eigenvalue weighted by Gasteiger charge is 2.12. The van der Waals surface area contributed by atoms with E-state index in [1.807, 2.05) is 30.9 Å². The number of hydrogen-bond donors (Lipinski definition) is 1. The van der Waals surface area contributed by atoms with Crippen LogP contribution in [0.5, 0.6) is 0 Å². The summed E-state index contributed by atoms with van der Waals surface area (Å²) in [6.45, 7) is 9.93. The maximum atomic E-state index is 4.67. The fraction of sp³-hybridized carbons (Fsp3) is 0.500. The van der Waals surface area contributed by atoms with Crippen LogP contribution in [0, 0.1) is 13.8 Å². The number of anilines is 1. The summed E-state index contributed by atoms with van der Waals surface area (Å²) >= 11 is 0. The zero-order valence-corrected chi connectivity index (χ0v) is 12.1. The summed E-state index contributed by atoms with van der Waals surface area (Å²) in [4.78, 5) is 9.28. The summed E-state index contributed by atoms with van der Waals surface area (Å²) in [7, 11) is 0. The standard InChI is InChI=1S/C14H21N5/c1-5-7-15-14-13(17-10(3)11(4)18-14)12-8-16-19(6-2)9-12/h8-9H,5-7H2,1-4H3,(H,15,18). The van der Waals surface area contributed by atoms with Gasteiger partial charge in [0, 0.05) is 24.8 Å². The van der Waals surface area contributed by atoms with Gasteiger partial charge in [-0.1, -0.05) is 6.92 Å². The molecule has 5 heteroatoms. The van der Waals surface area contributed by atoms with E-state index in [1.54, 1.807) is 0 Å². The van der Waals surface area contributed by atoms with E-state index in [4.69, 9.17) is 0 Å². The second kappa shape index (κ2) is 5.82. The summed E-state index contributed by atoms with van der Waals surface area (Å²) in [6.07, 6.45) is 4.91. The Morgan fingerprint density at radius 3 is 2.53 bits per heavy atom. The van der Waals surface area contributed by atoms with E-state index in [1.165, 1.54) is 0 Å². The van der Waals surface area contributed by atoms with Gasteiger partial charge < -0.3 is 5.32 Å². The predicted molar refractivity (Wildman–Crippen MR) is 77.2 cm³/mol. The van der Waals surface area contributed by atoms with Crippen LogP contribution >= 0.6 is 0 Å². The molecule has 102 valence electrons. The first-order valence-electron chi connectivity index (χ1n) is 6.77. The summed E-state index contributed by atoms with van der Waals surface area (Å²) in [5, 5.41) is 7.65. The van der Waals surface area contributed by atoms with Gasteiger partial charge in [0.25, 0.3) is 0 Å². The molecule has 0 amide bonds. The Labute approximate surface area is 114 Å². The van der Waals surface area contributed by atoms with Crippen molar-refractivity contribution in [2.75, 3.05) is 11.9 Å². The average Bonchev–Trinajstić information content (AvgIpc) is 2.88. The highest BCUT2D eigenvalue weighted by atomic mass is 15.3. The van der Waals surface area contributed by atoms with Crippen LogP contribution in [0.15, 0.2) is 12.4 Å². The Balaban J connectivity index is 2.44. The van der Waals surface area contributed by atoms with Gasteiger partial charge in [-0.15, -0.1) is 0 Å². The number of rotatable bonds is 5. The Bertz CT molecular complexity index is 559. The van der Waals surface area contributed by atoms with Crippen LogP contribution in [-0.4, -0.2) is 26.3 Å². The maximum Gasteiger partial charge on any atom is 0.153 e. The quantitative estimate of drug-likeness (QED) is 0.897. The first-order chi connectivity index (χ1) is 9.15. The van der Waals surface area contributed by atoms with E-state index < -0.39 is 0 Å². The van der Waals surface area contributed by atoms with E-state index in [0.29, 0.717) is 0 Å². The summed E-state index contributed by atoms with van der Waals surface area (Å²) in [5.74, 6) is 0.848. The monoisotopic (exact) mass is 259 g/mol. The minimum atomic E-state index is 0.848. The van der Waals surface area contributed by atoms with Crippen LogP contribution in [-0.2, 0) is 6.54 Å². The van der Waals surface area contributed by atoms with Gasteiger partial charge in [-0.3, -0.25) is 4.68 Å². The average molecular weight is 259 g/mol. The maximum absolute atomic E-state index is 4.67. The first-order valence-corrected chi connectivity index (χ1v) is 6.77. The lowest BCUT2D eigenvalue weighted by Crippen LogP contribution is -2.07. The number of nitrogens with one attached hydrogen (secondary N) is 1. The summed E-state index contributed by atoms with van der Waals surface area (Å²) in [5.41, 5.74) is 3.82. The van der Waals surface area contributed by atoms with Crippen LogP contribution in [0.3, 0.4) is 0 Å². The smallest absolute Gasteiger partial charge is 0.153 e. The molecule has 0 aliphatic rings. The van der Waals surface area contributed by atoms with Crippen molar-refractivity contribution in [2.24, 2.45) is 0 Å². The lowest BCUT2D eigenvalue weighted by Gasteiger charge is -2.11. The van der Waals surface area contributed by atoms with Crippen molar-refractivity contribution < 1.29 is 0 Å². The molecule has 0 fully saturated rings. The number of hydrogen-bond acceptors (Lipinski definition) is 4. The largest absolute Gasteiger partial charge is 0.368 e. The van der Waals surface area contributed by atoms with Gasteiger partial charge in [-0.05, 0) is 27.2 Å². The third-order valence-electron chi connectivity index (χ3n) is 3.08. The molecular weight excluding hydrogens is 238 g/mol. The van der Waals surface area contributed by atoms with Crippen molar-refractivity contribution in [3.63, 3.8) is 0 Å². The van der Waals surface area contributed by atoms with Crippen LogP contribution < -0.4 is 5.32 Å². The third kappa shape index (κ3) is 2.92. The third-order valence-corrected chi connectivity index (χ3v) is 3.08. The van der Waals surface area contributed by atoms with Gasteiger partial charge in [0.1, 0.15) is 5.69 Å². The summed E-state index contributed by atoms with van der Waals surface area (Å²) in [6, 6.07) is 0. The van der Waals surface area contributed by atoms with Crippen LogP contribution in [0.4, 0.5) is 5.82 Å². The van der Waals surface area contributed by atoms with Crippen molar-refractivity contribution in [1.29, 1.82) is 0 Å². The molecular formula is C14H21N5. The van der Waals surface area contributed by atoms with E-state index in [-0.39, 0.29) is 0 Å². The second-order valence-electron chi connectivity index (χ2n) is 4.60. The molecule has 0 saturated carbocycles. The summed E-state index contributed by atoms with van der Waals surface area (Å²) < 4.78 is 1.90. The van der Waals surface area contributed by atoms with Gasteiger partial charge in [-0.25, -0.2) is 9.97 Å². The van der Waals surface area contributed by atoms with Crippen molar-refractivity contribution in [3.05, 3.63) is 23.8 Å². The van der Waals surface area contributed by atoms with Gasteiger partial charge in [-0.2, -0.15) is 5.10 Å². The van der Waals surface area contributed by atoms with Crippen LogP contribution in [0.1, 0.15) is 31.7 Å². The van der Waals surface area contributed by atoms with Crippen molar-refractivity contribution in [1.82, 2.24) is 19.7 Å². The number of aromatic nitrogens is 4.